The Bertz CT molecular complexity index is 495. The minimum atomic E-state index is 0.112. The number of carbonyl (C=O) groups is 1. The zero-order valence-electron chi connectivity index (χ0n) is 11.5. The molecule has 1 aromatic rings. The van der Waals surface area contributed by atoms with E-state index in [0.29, 0.717) is 16.0 Å². The molecule has 2 aliphatic rings. The molecule has 1 spiro atoms. The second kappa shape index (κ2) is 5.69. The minimum Gasteiger partial charge on any atom is -0.339 e. The van der Waals surface area contributed by atoms with E-state index in [1.807, 2.05) is 17.0 Å². The molecule has 1 aliphatic heterocycles. The van der Waals surface area contributed by atoms with Crippen molar-refractivity contribution in [3.63, 3.8) is 0 Å². The van der Waals surface area contributed by atoms with Gasteiger partial charge in [0.05, 0.1) is 0 Å². The third-order valence-electron chi connectivity index (χ3n) is 4.89. The van der Waals surface area contributed by atoms with Crippen LogP contribution in [0.3, 0.4) is 0 Å². The van der Waals surface area contributed by atoms with Gasteiger partial charge < -0.3 is 4.90 Å². The van der Waals surface area contributed by atoms with Crippen molar-refractivity contribution in [2.75, 3.05) is 13.1 Å². The van der Waals surface area contributed by atoms with Crippen molar-refractivity contribution in [1.82, 2.24) is 4.90 Å². The fourth-order valence-electron chi connectivity index (χ4n) is 3.67. The van der Waals surface area contributed by atoms with E-state index in [9.17, 15) is 4.79 Å². The molecule has 2 nitrogen and oxygen atoms in total. The number of hydrogen-bond acceptors (Lipinski definition) is 1. The van der Waals surface area contributed by atoms with Gasteiger partial charge in [-0.3, -0.25) is 4.79 Å². The van der Waals surface area contributed by atoms with Gasteiger partial charge in [0.2, 0.25) is 0 Å². The van der Waals surface area contributed by atoms with Crippen molar-refractivity contribution in [3.05, 3.63) is 33.3 Å². The summed E-state index contributed by atoms with van der Waals surface area (Å²) in [6, 6.07) is 5.42. The van der Waals surface area contributed by atoms with Crippen molar-refractivity contribution in [2.45, 2.75) is 38.5 Å². The van der Waals surface area contributed by atoms with E-state index in [0.717, 1.165) is 17.6 Å². The molecule has 1 saturated heterocycles. The van der Waals surface area contributed by atoms with Gasteiger partial charge in [-0.05, 0) is 49.3 Å². The van der Waals surface area contributed by atoms with Crippen LogP contribution in [0.5, 0.6) is 0 Å². The predicted octanol–water partition coefficient (Wildman–Crippen LogP) is 4.90. The number of benzene rings is 1. The summed E-state index contributed by atoms with van der Waals surface area (Å²) in [5, 5.41) is 0.604. The Morgan fingerprint density at radius 1 is 1.10 bits per heavy atom. The monoisotopic (exact) mass is 355 g/mol. The molecule has 0 atom stereocenters. The van der Waals surface area contributed by atoms with E-state index in [2.05, 4.69) is 15.9 Å². The van der Waals surface area contributed by atoms with Gasteiger partial charge in [-0.1, -0.05) is 40.4 Å². The van der Waals surface area contributed by atoms with Crippen LogP contribution >= 0.6 is 27.5 Å². The summed E-state index contributed by atoms with van der Waals surface area (Å²) < 4.78 is 0.859. The second-order valence-corrected chi connectivity index (χ2v) is 7.51. The van der Waals surface area contributed by atoms with Crippen molar-refractivity contribution >= 4 is 33.4 Å². The highest BCUT2D eigenvalue weighted by Gasteiger charge is 2.38. The van der Waals surface area contributed by atoms with E-state index >= 15 is 0 Å². The molecule has 0 aromatic heterocycles. The SMILES string of the molecule is O=C(c1cc(Cl)cc(Br)c1)N1CCC2(CCCC2)CC1. The number of halogens is 2. The molecular weight excluding hydrogens is 338 g/mol. The highest BCUT2D eigenvalue weighted by Crippen LogP contribution is 2.46. The Balaban J connectivity index is 1.69. The quantitative estimate of drug-likeness (QED) is 0.701. The predicted molar refractivity (Wildman–Crippen MR) is 85.2 cm³/mol. The number of nitrogens with zero attached hydrogens (tertiary/aromatic N) is 1. The molecule has 1 amide bonds. The van der Waals surface area contributed by atoms with Crippen LogP contribution in [0.1, 0.15) is 48.9 Å². The highest BCUT2D eigenvalue weighted by molar-refractivity contribution is 9.10. The number of hydrogen-bond donors (Lipinski definition) is 0. The van der Waals surface area contributed by atoms with Gasteiger partial charge >= 0.3 is 0 Å². The molecule has 108 valence electrons. The number of carbonyl (C=O) groups excluding carboxylic acids is 1. The van der Waals surface area contributed by atoms with Crippen molar-refractivity contribution in [2.24, 2.45) is 5.41 Å². The molecule has 4 heteroatoms. The van der Waals surface area contributed by atoms with Gasteiger partial charge in [-0.2, -0.15) is 0 Å². The van der Waals surface area contributed by atoms with E-state index in [1.54, 1.807) is 6.07 Å². The lowest BCUT2D eigenvalue weighted by atomic mass is 9.77. The van der Waals surface area contributed by atoms with Gasteiger partial charge in [0.1, 0.15) is 0 Å². The lowest BCUT2D eigenvalue weighted by molar-refractivity contribution is 0.0587. The standard InChI is InChI=1S/C16H19BrClNO/c17-13-9-12(10-14(18)11-13)15(20)19-7-5-16(6-8-19)3-1-2-4-16/h9-11H,1-8H2. The zero-order chi connectivity index (χ0) is 14.2. The maximum absolute atomic E-state index is 12.6. The van der Waals surface area contributed by atoms with Crippen molar-refractivity contribution < 1.29 is 4.79 Å². The van der Waals surface area contributed by atoms with Crippen LogP contribution in [0.15, 0.2) is 22.7 Å². The molecule has 1 saturated carbocycles. The topological polar surface area (TPSA) is 20.3 Å². The molecule has 20 heavy (non-hydrogen) atoms. The minimum absolute atomic E-state index is 0.112. The number of amides is 1. The van der Waals surface area contributed by atoms with Crippen LogP contribution in [0.25, 0.3) is 0 Å². The summed E-state index contributed by atoms with van der Waals surface area (Å²) in [4.78, 5) is 14.5. The average Bonchev–Trinajstić information content (AvgIpc) is 2.86. The van der Waals surface area contributed by atoms with Crippen molar-refractivity contribution in [3.8, 4) is 0 Å². The van der Waals surface area contributed by atoms with Crippen LogP contribution in [0.2, 0.25) is 5.02 Å². The number of piperidine rings is 1. The van der Waals surface area contributed by atoms with Crippen LogP contribution in [0, 0.1) is 5.41 Å². The molecule has 1 aliphatic carbocycles. The second-order valence-electron chi connectivity index (χ2n) is 6.16. The first-order chi connectivity index (χ1) is 9.58. The first-order valence-electron chi connectivity index (χ1n) is 7.33. The molecule has 1 aromatic carbocycles. The Labute approximate surface area is 133 Å². The van der Waals surface area contributed by atoms with Gasteiger partial charge in [-0.25, -0.2) is 0 Å². The third-order valence-corrected chi connectivity index (χ3v) is 5.56. The summed E-state index contributed by atoms with van der Waals surface area (Å²) in [6.07, 6.45) is 7.79. The molecule has 0 N–H and O–H groups in total. The van der Waals surface area contributed by atoms with Crippen LogP contribution in [-0.2, 0) is 0 Å². The average molecular weight is 357 g/mol. The molecule has 2 fully saturated rings. The van der Waals surface area contributed by atoms with Crippen LogP contribution < -0.4 is 0 Å². The first-order valence-corrected chi connectivity index (χ1v) is 8.51. The van der Waals surface area contributed by atoms with Crippen LogP contribution in [0.4, 0.5) is 0 Å². The zero-order valence-corrected chi connectivity index (χ0v) is 13.8. The molecular formula is C16H19BrClNO. The Morgan fingerprint density at radius 2 is 1.75 bits per heavy atom. The van der Waals surface area contributed by atoms with E-state index in [1.165, 1.54) is 38.5 Å². The molecule has 0 bridgehead atoms. The highest BCUT2D eigenvalue weighted by atomic mass is 79.9. The molecule has 1 heterocycles. The number of rotatable bonds is 1. The summed E-state index contributed by atoms with van der Waals surface area (Å²) in [5.41, 5.74) is 1.23. The third kappa shape index (κ3) is 2.89. The number of likely N-dealkylation sites (tertiary alicyclic amines) is 1. The summed E-state index contributed by atoms with van der Waals surface area (Å²) >= 11 is 9.43. The Morgan fingerprint density at radius 3 is 2.35 bits per heavy atom. The Kier molecular flexibility index (Phi) is 4.09. The lowest BCUT2D eigenvalue weighted by Gasteiger charge is -2.39. The van der Waals surface area contributed by atoms with E-state index < -0.39 is 0 Å². The van der Waals surface area contributed by atoms with E-state index in [4.69, 9.17) is 11.6 Å². The van der Waals surface area contributed by atoms with Gasteiger partial charge in [0.15, 0.2) is 0 Å². The summed E-state index contributed by atoms with van der Waals surface area (Å²) in [7, 11) is 0. The van der Waals surface area contributed by atoms with Gasteiger partial charge in [-0.15, -0.1) is 0 Å². The molecule has 0 unspecified atom stereocenters. The van der Waals surface area contributed by atoms with Gasteiger partial charge in [0.25, 0.3) is 5.91 Å². The first kappa shape index (κ1) is 14.4. The smallest absolute Gasteiger partial charge is 0.253 e. The van der Waals surface area contributed by atoms with Crippen molar-refractivity contribution in [1.29, 1.82) is 0 Å². The summed E-state index contributed by atoms with van der Waals surface area (Å²) in [5.74, 6) is 0.112. The lowest BCUT2D eigenvalue weighted by Crippen LogP contribution is -2.42. The molecule has 3 rings (SSSR count). The summed E-state index contributed by atoms with van der Waals surface area (Å²) in [6.45, 7) is 1.78. The largest absolute Gasteiger partial charge is 0.339 e. The fourth-order valence-corrected chi connectivity index (χ4v) is 4.53. The van der Waals surface area contributed by atoms with E-state index in [-0.39, 0.29) is 5.91 Å². The van der Waals surface area contributed by atoms with Gasteiger partial charge in [0, 0.05) is 28.1 Å². The fraction of sp³-hybridized carbons (Fsp3) is 0.562. The van der Waals surface area contributed by atoms with Crippen LogP contribution in [-0.4, -0.2) is 23.9 Å². The maximum Gasteiger partial charge on any atom is 0.253 e. The normalized spacial score (nSPS) is 21.4. The Hall–Kier alpha value is -0.540. The molecule has 0 radical (unpaired) electrons. The maximum atomic E-state index is 12.6.